The maximum absolute atomic E-state index is 13.6. The van der Waals surface area contributed by atoms with E-state index in [0.717, 1.165) is 12.1 Å². The molecule has 0 saturated carbocycles. The van der Waals surface area contributed by atoms with E-state index in [0.29, 0.717) is 5.56 Å². The van der Waals surface area contributed by atoms with Crippen LogP contribution in [0, 0.1) is 18.6 Å². The molecule has 0 heterocycles. The molecule has 0 atom stereocenters. The van der Waals surface area contributed by atoms with Crippen LogP contribution in [0.3, 0.4) is 0 Å². The highest BCUT2D eigenvalue weighted by molar-refractivity contribution is 7.92. The lowest BCUT2D eigenvalue weighted by Gasteiger charge is -2.13. The molecule has 2 rings (SSSR count). The second-order valence-corrected chi connectivity index (χ2v) is 6.14. The Morgan fingerprint density at radius 1 is 1.19 bits per heavy atom. The Hall–Kier alpha value is -1.99. The summed E-state index contributed by atoms with van der Waals surface area (Å²) in [5, 5.41) is 0. The van der Waals surface area contributed by atoms with Gasteiger partial charge in [-0.05, 0) is 42.8 Å². The molecule has 0 aliphatic heterocycles. The van der Waals surface area contributed by atoms with Crippen LogP contribution in [-0.4, -0.2) is 8.42 Å². The number of nitrogens with one attached hydrogen (secondary N) is 1. The molecule has 0 spiro atoms. The SMILES string of the molecule is Cc1cc(F)ccc1NS(=O)(=O)c1cccc(F)c1CN. The van der Waals surface area contributed by atoms with Crippen LogP contribution in [-0.2, 0) is 16.6 Å². The molecule has 2 aromatic rings. The number of hydrogen-bond acceptors (Lipinski definition) is 3. The van der Waals surface area contributed by atoms with Gasteiger partial charge in [0, 0.05) is 12.1 Å². The zero-order valence-electron chi connectivity index (χ0n) is 11.2. The largest absolute Gasteiger partial charge is 0.326 e. The highest BCUT2D eigenvalue weighted by Gasteiger charge is 2.21. The van der Waals surface area contributed by atoms with Crippen molar-refractivity contribution in [3.8, 4) is 0 Å². The first-order valence-corrected chi connectivity index (χ1v) is 7.60. The van der Waals surface area contributed by atoms with Crippen molar-refractivity contribution in [2.24, 2.45) is 5.73 Å². The van der Waals surface area contributed by atoms with E-state index in [-0.39, 0.29) is 22.7 Å². The summed E-state index contributed by atoms with van der Waals surface area (Å²) in [4.78, 5) is -0.228. The Morgan fingerprint density at radius 2 is 1.90 bits per heavy atom. The van der Waals surface area contributed by atoms with Crippen LogP contribution in [0.25, 0.3) is 0 Å². The predicted molar refractivity (Wildman–Crippen MR) is 76.2 cm³/mol. The smallest absolute Gasteiger partial charge is 0.262 e. The standard InChI is InChI=1S/C14H14F2N2O2S/c1-9-7-10(15)5-6-13(9)18-21(19,20)14-4-2-3-12(16)11(14)8-17/h2-7,18H,8,17H2,1H3. The van der Waals surface area contributed by atoms with Gasteiger partial charge in [0.05, 0.1) is 10.6 Å². The fraction of sp³-hybridized carbons (Fsp3) is 0.143. The molecule has 0 aliphatic rings. The van der Waals surface area contributed by atoms with Crippen LogP contribution in [0.2, 0.25) is 0 Å². The second-order valence-electron chi connectivity index (χ2n) is 4.49. The van der Waals surface area contributed by atoms with Gasteiger partial charge in [0.25, 0.3) is 10.0 Å². The van der Waals surface area contributed by atoms with Crippen molar-refractivity contribution >= 4 is 15.7 Å². The van der Waals surface area contributed by atoms with Crippen molar-refractivity contribution in [1.82, 2.24) is 0 Å². The molecule has 0 bridgehead atoms. The Kier molecular flexibility index (Phi) is 4.24. The minimum absolute atomic E-state index is 0.0928. The minimum Gasteiger partial charge on any atom is -0.326 e. The first-order chi connectivity index (χ1) is 9.85. The maximum atomic E-state index is 13.6. The van der Waals surface area contributed by atoms with E-state index < -0.39 is 21.7 Å². The molecule has 3 N–H and O–H groups in total. The third-order valence-electron chi connectivity index (χ3n) is 3.00. The topological polar surface area (TPSA) is 72.2 Å². The van der Waals surface area contributed by atoms with E-state index in [1.54, 1.807) is 6.92 Å². The fourth-order valence-corrected chi connectivity index (χ4v) is 3.32. The molecule has 112 valence electrons. The van der Waals surface area contributed by atoms with Crippen LogP contribution in [0.5, 0.6) is 0 Å². The molecule has 7 heteroatoms. The Balaban J connectivity index is 2.46. The Labute approximate surface area is 121 Å². The van der Waals surface area contributed by atoms with Crippen LogP contribution in [0.15, 0.2) is 41.3 Å². The summed E-state index contributed by atoms with van der Waals surface area (Å²) in [7, 11) is -4.01. The van der Waals surface area contributed by atoms with Crippen molar-refractivity contribution in [2.45, 2.75) is 18.4 Å². The first kappa shape index (κ1) is 15.4. The normalized spacial score (nSPS) is 11.4. The number of anilines is 1. The van der Waals surface area contributed by atoms with Gasteiger partial charge in [0.1, 0.15) is 11.6 Å². The van der Waals surface area contributed by atoms with Crippen LogP contribution >= 0.6 is 0 Å². The molecule has 4 nitrogen and oxygen atoms in total. The third kappa shape index (κ3) is 3.20. The van der Waals surface area contributed by atoms with Crippen LogP contribution in [0.4, 0.5) is 14.5 Å². The molecule has 0 saturated heterocycles. The summed E-state index contributed by atoms with van der Waals surface area (Å²) in [5.74, 6) is -1.15. The number of sulfonamides is 1. The molecule has 0 radical (unpaired) electrons. The van der Waals surface area contributed by atoms with Gasteiger partial charge >= 0.3 is 0 Å². The highest BCUT2D eigenvalue weighted by atomic mass is 32.2. The number of aryl methyl sites for hydroxylation is 1. The summed E-state index contributed by atoms with van der Waals surface area (Å²) in [6, 6.07) is 7.36. The van der Waals surface area contributed by atoms with Crippen molar-refractivity contribution in [3.63, 3.8) is 0 Å². The molecular formula is C14H14F2N2O2S. The van der Waals surface area contributed by atoms with Gasteiger partial charge in [-0.1, -0.05) is 6.07 Å². The van der Waals surface area contributed by atoms with Gasteiger partial charge in [-0.3, -0.25) is 4.72 Å². The van der Waals surface area contributed by atoms with Crippen LogP contribution < -0.4 is 10.5 Å². The quantitative estimate of drug-likeness (QED) is 0.911. The monoisotopic (exact) mass is 312 g/mol. The lowest BCUT2D eigenvalue weighted by molar-refractivity contribution is 0.585. The molecule has 2 aromatic carbocycles. The lowest BCUT2D eigenvalue weighted by Crippen LogP contribution is -2.18. The fourth-order valence-electron chi connectivity index (χ4n) is 1.93. The number of benzene rings is 2. The molecule has 0 aromatic heterocycles. The highest BCUT2D eigenvalue weighted by Crippen LogP contribution is 2.23. The number of rotatable bonds is 4. The average molecular weight is 312 g/mol. The van der Waals surface area contributed by atoms with E-state index in [2.05, 4.69) is 4.72 Å². The predicted octanol–water partition coefficient (Wildman–Crippen LogP) is 2.53. The van der Waals surface area contributed by atoms with E-state index >= 15 is 0 Å². The van der Waals surface area contributed by atoms with Gasteiger partial charge in [0.2, 0.25) is 0 Å². The Bertz CT molecular complexity index is 777. The van der Waals surface area contributed by atoms with E-state index in [9.17, 15) is 17.2 Å². The summed E-state index contributed by atoms with van der Waals surface area (Å²) >= 11 is 0. The molecule has 0 unspecified atom stereocenters. The van der Waals surface area contributed by atoms with Crippen molar-refractivity contribution in [3.05, 3.63) is 59.2 Å². The molecule has 0 amide bonds. The summed E-state index contributed by atoms with van der Waals surface area (Å²) < 4.78 is 53.7. The lowest BCUT2D eigenvalue weighted by atomic mass is 10.2. The second kappa shape index (κ2) is 5.79. The average Bonchev–Trinajstić information content (AvgIpc) is 2.41. The number of nitrogens with two attached hydrogens (primary N) is 1. The number of hydrogen-bond donors (Lipinski definition) is 2. The van der Waals surface area contributed by atoms with Crippen molar-refractivity contribution < 1.29 is 17.2 Å². The van der Waals surface area contributed by atoms with Gasteiger partial charge in [-0.25, -0.2) is 17.2 Å². The van der Waals surface area contributed by atoms with E-state index in [1.807, 2.05) is 0 Å². The zero-order valence-corrected chi connectivity index (χ0v) is 12.0. The van der Waals surface area contributed by atoms with Gasteiger partial charge in [0.15, 0.2) is 0 Å². The van der Waals surface area contributed by atoms with E-state index in [1.165, 1.54) is 24.3 Å². The van der Waals surface area contributed by atoms with Gasteiger partial charge in [-0.2, -0.15) is 0 Å². The molecular weight excluding hydrogens is 298 g/mol. The first-order valence-electron chi connectivity index (χ1n) is 6.11. The molecule has 0 aliphatic carbocycles. The molecule has 0 fully saturated rings. The summed E-state index contributed by atoms with van der Waals surface area (Å²) in [6.07, 6.45) is 0. The minimum atomic E-state index is -4.01. The van der Waals surface area contributed by atoms with Gasteiger partial charge in [-0.15, -0.1) is 0 Å². The molecule has 21 heavy (non-hydrogen) atoms. The van der Waals surface area contributed by atoms with Gasteiger partial charge < -0.3 is 5.73 Å². The summed E-state index contributed by atoms with van der Waals surface area (Å²) in [5.41, 5.74) is 5.96. The van der Waals surface area contributed by atoms with E-state index in [4.69, 9.17) is 5.73 Å². The maximum Gasteiger partial charge on any atom is 0.262 e. The number of halogens is 2. The van der Waals surface area contributed by atoms with Crippen molar-refractivity contribution in [1.29, 1.82) is 0 Å². The Morgan fingerprint density at radius 3 is 2.52 bits per heavy atom. The third-order valence-corrected chi connectivity index (χ3v) is 4.45. The van der Waals surface area contributed by atoms with Crippen LogP contribution in [0.1, 0.15) is 11.1 Å². The summed E-state index contributed by atoms with van der Waals surface area (Å²) in [6.45, 7) is 1.32. The zero-order chi connectivity index (χ0) is 15.6. The van der Waals surface area contributed by atoms with Crippen molar-refractivity contribution in [2.75, 3.05) is 4.72 Å².